The van der Waals surface area contributed by atoms with Gasteiger partial charge in [0.25, 0.3) is 11.8 Å². The van der Waals surface area contributed by atoms with Crippen molar-refractivity contribution in [3.63, 3.8) is 0 Å². The van der Waals surface area contributed by atoms with Crippen molar-refractivity contribution >= 4 is 40.4 Å². The van der Waals surface area contributed by atoms with Crippen molar-refractivity contribution in [1.29, 1.82) is 0 Å². The number of rotatable bonds is 4. The van der Waals surface area contributed by atoms with Crippen LogP contribution in [0.25, 0.3) is 11.0 Å². The summed E-state index contributed by atoms with van der Waals surface area (Å²) >= 11 is 6.02. The first kappa shape index (κ1) is 19.9. The molecule has 1 heterocycles. The summed E-state index contributed by atoms with van der Waals surface area (Å²) in [5.41, 5.74) is -1.89. The number of hydrogen-bond donors (Lipinski definition) is 3. The van der Waals surface area contributed by atoms with E-state index in [1.807, 2.05) is 5.32 Å². The van der Waals surface area contributed by atoms with Crippen LogP contribution in [0, 0.1) is 0 Å². The van der Waals surface area contributed by atoms with E-state index in [2.05, 4.69) is 0 Å². The Labute approximate surface area is 167 Å². The Morgan fingerprint density at radius 3 is 2.41 bits per heavy atom. The number of carboxylic acids is 1. The minimum atomic E-state index is -1.38. The second kappa shape index (κ2) is 7.64. The van der Waals surface area contributed by atoms with Crippen LogP contribution in [0.15, 0.2) is 45.6 Å². The molecular formula is C19H12ClNO8. The summed E-state index contributed by atoms with van der Waals surface area (Å²) in [5.74, 6) is -3.74. The molecule has 148 valence electrons. The first-order chi connectivity index (χ1) is 13.7. The van der Waals surface area contributed by atoms with Gasteiger partial charge in [0.1, 0.15) is 28.2 Å². The lowest BCUT2D eigenvalue weighted by Crippen LogP contribution is -2.33. The minimum absolute atomic E-state index is 0.133. The Bertz CT molecular complexity index is 1230. The molecule has 0 aliphatic rings. The molecule has 29 heavy (non-hydrogen) atoms. The molecule has 2 aromatic carbocycles. The number of carboxylic acid groups (broad SMARTS) is 1. The lowest BCUT2D eigenvalue weighted by molar-refractivity contribution is 0.0691. The smallest absolute Gasteiger partial charge is 0.349 e. The van der Waals surface area contributed by atoms with Crippen LogP contribution in [0.2, 0.25) is 5.02 Å². The van der Waals surface area contributed by atoms with Gasteiger partial charge >= 0.3 is 11.6 Å². The van der Waals surface area contributed by atoms with Crippen molar-refractivity contribution in [2.75, 3.05) is 7.11 Å². The molecule has 0 spiro atoms. The molecule has 0 atom stereocenters. The van der Waals surface area contributed by atoms with Crippen molar-refractivity contribution in [2.24, 2.45) is 0 Å². The zero-order valence-corrected chi connectivity index (χ0v) is 15.4. The number of hydrogen-bond acceptors (Lipinski definition) is 7. The van der Waals surface area contributed by atoms with Crippen LogP contribution in [0.1, 0.15) is 31.1 Å². The third kappa shape index (κ3) is 3.90. The van der Waals surface area contributed by atoms with Crippen LogP contribution in [0.5, 0.6) is 11.5 Å². The lowest BCUT2D eigenvalue weighted by atomic mass is 10.1. The molecule has 0 radical (unpaired) electrons. The summed E-state index contributed by atoms with van der Waals surface area (Å²) in [6.07, 6.45) is 0. The van der Waals surface area contributed by atoms with Gasteiger partial charge in [0.2, 0.25) is 0 Å². The molecule has 3 aromatic rings. The fraction of sp³-hybridized carbons (Fsp3) is 0.0526. The third-order valence-electron chi connectivity index (χ3n) is 3.97. The van der Waals surface area contributed by atoms with Gasteiger partial charge in [0.15, 0.2) is 0 Å². The number of fused-ring (bicyclic) bond motifs is 1. The first-order valence-electron chi connectivity index (χ1n) is 7.94. The second-order valence-electron chi connectivity index (χ2n) is 5.79. The molecule has 10 heteroatoms. The van der Waals surface area contributed by atoms with Crippen molar-refractivity contribution in [3.8, 4) is 11.5 Å². The molecule has 1 aromatic heterocycles. The van der Waals surface area contributed by atoms with Gasteiger partial charge in [0, 0.05) is 17.0 Å². The number of imide groups is 1. The van der Waals surface area contributed by atoms with Gasteiger partial charge in [-0.2, -0.15) is 0 Å². The van der Waals surface area contributed by atoms with E-state index in [0.717, 1.165) is 18.2 Å². The highest BCUT2D eigenvalue weighted by atomic mass is 35.5. The van der Waals surface area contributed by atoms with Crippen molar-refractivity contribution < 1.29 is 33.8 Å². The molecule has 0 fully saturated rings. The van der Waals surface area contributed by atoms with E-state index in [9.17, 15) is 24.3 Å². The number of benzene rings is 2. The maximum Gasteiger partial charge on any atom is 0.349 e. The van der Waals surface area contributed by atoms with Crippen LogP contribution in [-0.4, -0.2) is 35.1 Å². The van der Waals surface area contributed by atoms with Gasteiger partial charge in [-0.05, 0) is 30.3 Å². The molecule has 0 bridgehead atoms. The average molecular weight is 418 g/mol. The van der Waals surface area contributed by atoms with Gasteiger partial charge in [-0.1, -0.05) is 11.6 Å². The largest absolute Gasteiger partial charge is 0.507 e. The molecular weight excluding hydrogens is 406 g/mol. The number of aromatic carboxylic acids is 1. The van der Waals surface area contributed by atoms with E-state index in [4.69, 9.17) is 25.9 Å². The number of methoxy groups -OCH3 is 1. The number of amides is 2. The Hall–Kier alpha value is -3.85. The number of ether oxygens (including phenoxy) is 1. The fourth-order valence-electron chi connectivity index (χ4n) is 2.53. The Morgan fingerprint density at radius 1 is 1.07 bits per heavy atom. The zero-order chi connectivity index (χ0) is 21.3. The lowest BCUT2D eigenvalue weighted by Gasteiger charge is -2.07. The third-order valence-corrected chi connectivity index (χ3v) is 4.26. The maximum atomic E-state index is 12.4. The minimum Gasteiger partial charge on any atom is -0.507 e. The normalized spacial score (nSPS) is 10.6. The predicted octanol–water partition coefficient (Wildman–Crippen LogP) is 2.43. The summed E-state index contributed by atoms with van der Waals surface area (Å²) in [6.45, 7) is 0. The van der Waals surface area contributed by atoms with E-state index in [0.29, 0.717) is 5.39 Å². The van der Waals surface area contributed by atoms with Crippen LogP contribution >= 0.6 is 11.6 Å². The highest BCUT2D eigenvalue weighted by Crippen LogP contribution is 2.29. The molecule has 9 nitrogen and oxygen atoms in total. The number of carbonyl (C=O) groups excluding carboxylic acids is 2. The molecule has 0 unspecified atom stereocenters. The summed E-state index contributed by atoms with van der Waals surface area (Å²) in [7, 11) is 1.39. The highest BCUT2D eigenvalue weighted by molar-refractivity contribution is 6.32. The Morgan fingerprint density at radius 2 is 1.79 bits per heavy atom. The van der Waals surface area contributed by atoms with Crippen molar-refractivity contribution in [3.05, 3.63) is 68.5 Å². The summed E-state index contributed by atoms with van der Waals surface area (Å²) in [4.78, 5) is 47.6. The quantitative estimate of drug-likeness (QED) is 0.433. The SMILES string of the molecule is COc1cc2oc(=O)c(C(=O)NC(=O)c3ccc(C(=O)O)c(O)c3)cc2cc1Cl. The van der Waals surface area contributed by atoms with Crippen molar-refractivity contribution in [1.82, 2.24) is 5.32 Å². The van der Waals surface area contributed by atoms with Gasteiger partial charge in [0.05, 0.1) is 12.1 Å². The van der Waals surface area contributed by atoms with Crippen LogP contribution < -0.4 is 15.7 Å². The van der Waals surface area contributed by atoms with E-state index < -0.39 is 40.3 Å². The molecule has 3 N–H and O–H groups in total. The monoisotopic (exact) mass is 417 g/mol. The van der Waals surface area contributed by atoms with Gasteiger partial charge in [-0.15, -0.1) is 0 Å². The molecule has 0 aliphatic carbocycles. The maximum absolute atomic E-state index is 12.4. The fourth-order valence-corrected chi connectivity index (χ4v) is 2.78. The van der Waals surface area contributed by atoms with E-state index in [1.165, 1.54) is 25.3 Å². The molecule has 0 saturated carbocycles. The van der Waals surface area contributed by atoms with Gasteiger partial charge in [-0.25, -0.2) is 9.59 Å². The van der Waals surface area contributed by atoms with E-state index in [-0.39, 0.29) is 21.9 Å². The first-order valence-corrected chi connectivity index (χ1v) is 8.32. The van der Waals surface area contributed by atoms with Gasteiger partial charge < -0.3 is 19.4 Å². The number of aromatic hydroxyl groups is 1. The topological polar surface area (TPSA) is 143 Å². The van der Waals surface area contributed by atoms with Crippen LogP contribution in [0.3, 0.4) is 0 Å². The van der Waals surface area contributed by atoms with E-state index in [1.54, 1.807) is 0 Å². The number of phenols is 1. The summed E-state index contributed by atoms with van der Waals surface area (Å²) in [5, 5.41) is 21.1. The summed E-state index contributed by atoms with van der Waals surface area (Å²) < 4.78 is 10.1. The van der Waals surface area contributed by atoms with Crippen LogP contribution in [-0.2, 0) is 0 Å². The Balaban J connectivity index is 1.90. The number of carbonyl (C=O) groups is 3. The number of halogens is 1. The van der Waals surface area contributed by atoms with Crippen LogP contribution in [0.4, 0.5) is 0 Å². The molecule has 0 aliphatic heterocycles. The predicted molar refractivity (Wildman–Crippen MR) is 101 cm³/mol. The molecule has 3 rings (SSSR count). The zero-order valence-electron chi connectivity index (χ0n) is 14.7. The molecule has 2 amide bonds. The Kier molecular flexibility index (Phi) is 5.24. The highest BCUT2D eigenvalue weighted by Gasteiger charge is 2.20. The second-order valence-corrected chi connectivity index (χ2v) is 6.20. The van der Waals surface area contributed by atoms with Gasteiger partial charge in [-0.3, -0.25) is 14.9 Å². The summed E-state index contributed by atoms with van der Waals surface area (Å²) in [6, 6.07) is 7.04. The van der Waals surface area contributed by atoms with E-state index >= 15 is 0 Å². The molecule has 0 saturated heterocycles. The average Bonchev–Trinajstić information content (AvgIpc) is 2.66. The number of nitrogens with one attached hydrogen (secondary N) is 1. The van der Waals surface area contributed by atoms with Crippen molar-refractivity contribution in [2.45, 2.75) is 0 Å². The standard InChI is InChI=1S/C19H12ClNO8/c1-28-15-7-14-9(5-12(15)20)4-11(19(27)29-14)17(24)21-16(23)8-2-3-10(18(25)26)13(22)6-8/h2-7,22H,1H3,(H,25,26)(H,21,23,24).